The summed E-state index contributed by atoms with van der Waals surface area (Å²) in [6.07, 6.45) is 0.706. The summed E-state index contributed by atoms with van der Waals surface area (Å²) in [6, 6.07) is 14.8. The number of amides is 1. The van der Waals surface area contributed by atoms with E-state index < -0.39 is 11.7 Å². The first-order chi connectivity index (χ1) is 13.2. The van der Waals surface area contributed by atoms with Crippen molar-refractivity contribution in [3.63, 3.8) is 0 Å². The number of fused-ring (bicyclic) bond motifs is 3. The van der Waals surface area contributed by atoms with Crippen LogP contribution in [-0.4, -0.2) is 36.5 Å². The molecule has 0 bridgehead atoms. The number of hydrogen-bond acceptors (Lipinski definition) is 4. The first kappa shape index (κ1) is 17.3. The van der Waals surface area contributed by atoms with Gasteiger partial charge in [-0.3, -0.25) is 9.59 Å². The van der Waals surface area contributed by atoms with Crippen LogP contribution in [0.15, 0.2) is 48.5 Å². The van der Waals surface area contributed by atoms with Crippen molar-refractivity contribution in [3.05, 3.63) is 59.8 Å². The lowest BCUT2D eigenvalue weighted by molar-refractivity contribution is -0.112. The van der Waals surface area contributed by atoms with Gasteiger partial charge in [-0.05, 0) is 18.2 Å². The first-order valence-corrected chi connectivity index (χ1v) is 9.00. The summed E-state index contributed by atoms with van der Waals surface area (Å²) in [4.78, 5) is 25.9. The van der Waals surface area contributed by atoms with Gasteiger partial charge in [0.15, 0.2) is 0 Å². The first-order valence-electron chi connectivity index (χ1n) is 9.00. The van der Waals surface area contributed by atoms with Crippen LogP contribution in [0.1, 0.15) is 16.1 Å². The van der Waals surface area contributed by atoms with Crippen molar-refractivity contribution in [3.8, 4) is 5.75 Å². The number of ketones is 1. The third kappa shape index (κ3) is 3.08. The summed E-state index contributed by atoms with van der Waals surface area (Å²) in [6.45, 7) is 2.40. The van der Waals surface area contributed by atoms with E-state index in [4.69, 9.17) is 4.74 Å². The van der Waals surface area contributed by atoms with Gasteiger partial charge < -0.3 is 19.9 Å². The molecule has 0 fully saturated rings. The number of nitrogens with zero attached hydrogens (tertiary/aromatic N) is 1. The van der Waals surface area contributed by atoms with E-state index in [0.29, 0.717) is 23.4 Å². The summed E-state index contributed by atoms with van der Waals surface area (Å²) < 4.78 is 7.41. The number of Topliss-reactive ketones (excluding diaryl/α,β-unsaturated/α-hetero) is 1. The van der Waals surface area contributed by atoms with Crippen molar-refractivity contribution < 1.29 is 14.3 Å². The molecule has 1 aromatic heterocycles. The Hall–Kier alpha value is -3.12. The Balaban J connectivity index is 1.74. The molecule has 1 aliphatic rings. The van der Waals surface area contributed by atoms with Crippen LogP contribution in [0.25, 0.3) is 10.9 Å². The summed E-state index contributed by atoms with van der Waals surface area (Å²) >= 11 is 0. The maximum absolute atomic E-state index is 13.1. The number of para-hydroxylation sites is 3. The number of aromatic nitrogens is 1. The standard InChI is InChI=1S/C21H21N3O3/c1-27-18-9-5-3-7-15(18)23-21(26)20(25)19-14-6-2-4-8-16(14)24-13-12-22-11-10-17(19)24/h2-9,22H,10-13H2,1H3,(H,23,26). The van der Waals surface area contributed by atoms with E-state index >= 15 is 0 Å². The lowest BCUT2D eigenvalue weighted by Crippen LogP contribution is -2.24. The van der Waals surface area contributed by atoms with Crippen LogP contribution in [0.5, 0.6) is 5.75 Å². The van der Waals surface area contributed by atoms with Crippen LogP contribution in [0.4, 0.5) is 5.69 Å². The number of benzene rings is 2. The molecule has 6 heteroatoms. The SMILES string of the molecule is COc1ccccc1NC(=O)C(=O)c1c2n(c3ccccc13)CCNCC2. The molecule has 4 rings (SSSR count). The second kappa shape index (κ2) is 7.25. The molecule has 27 heavy (non-hydrogen) atoms. The predicted octanol–water partition coefficient (Wildman–Crippen LogP) is 2.62. The third-order valence-electron chi connectivity index (χ3n) is 4.92. The quantitative estimate of drug-likeness (QED) is 0.552. The highest BCUT2D eigenvalue weighted by Crippen LogP contribution is 2.29. The van der Waals surface area contributed by atoms with Crippen molar-refractivity contribution in [2.75, 3.05) is 25.5 Å². The number of nitrogens with one attached hydrogen (secondary N) is 2. The molecular weight excluding hydrogens is 342 g/mol. The van der Waals surface area contributed by atoms with Gasteiger partial charge in [-0.25, -0.2) is 0 Å². The van der Waals surface area contributed by atoms with Crippen molar-refractivity contribution in [1.82, 2.24) is 9.88 Å². The Morgan fingerprint density at radius 3 is 2.70 bits per heavy atom. The molecule has 0 unspecified atom stereocenters. The number of carbonyl (C=O) groups excluding carboxylic acids is 2. The van der Waals surface area contributed by atoms with Gasteiger partial charge in [-0.2, -0.15) is 0 Å². The second-order valence-corrected chi connectivity index (χ2v) is 6.47. The van der Waals surface area contributed by atoms with E-state index in [-0.39, 0.29) is 0 Å². The van der Waals surface area contributed by atoms with Gasteiger partial charge >= 0.3 is 0 Å². The van der Waals surface area contributed by atoms with Gasteiger partial charge in [-0.1, -0.05) is 30.3 Å². The Morgan fingerprint density at radius 1 is 1.07 bits per heavy atom. The van der Waals surface area contributed by atoms with Crippen molar-refractivity contribution >= 4 is 28.3 Å². The van der Waals surface area contributed by atoms with Crippen LogP contribution < -0.4 is 15.4 Å². The summed E-state index contributed by atoms with van der Waals surface area (Å²) in [5.41, 5.74) is 2.89. The van der Waals surface area contributed by atoms with Crippen LogP contribution in [0.3, 0.4) is 0 Å². The van der Waals surface area contributed by atoms with E-state index in [1.54, 1.807) is 18.2 Å². The minimum atomic E-state index is -0.657. The number of ether oxygens (including phenoxy) is 1. The summed E-state index contributed by atoms with van der Waals surface area (Å²) in [7, 11) is 1.53. The normalized spacial score (nSPS) is 13.7. The van der Waals surface area contributed by atoms with Crippen molar-refractivity contribution in [1.29, 1.82) is 0 Å². The largest absolute Gasteiger partial charge is 0.495 e. The van der Waals surface area contributed by atoms with E-state index in [1.165, 1.54) is 7.11 Å². The fraction of sp³-hybridized carbons (Fsp3) is 0.238. The van der Waals surface area contributed by atoms with Crippen LogP contribution in [-0.2, 0) is 17.8 Å². The van der Waals surface area contributed by atoms with Gasteiger partial charge in [0.25, 0.3) is 11.7 Å². The minimum absolute atomic E-state index is 0.481. The molecular formula is C21H21N3O3. The molecule has 138 valence electrons. The Bertz CT molecular complexity index is 1020. The van der Waals surface area contributed by atoms with Crippen LogP contribution in [0.2, 0.25) is 0 Å². The second-order valence-electron chi connectivity index (χ2n) is 6.47. The van der Waals surface area contributed by atoms with E-state index in [1.807, 2.05) is 30.3 Å². The molecule has 6 nitrogen and oxygen atoms in total. The van der Waals surface area contributed by atoms with E-state index in [2.05, 4.69) is 15.2 Å². The van der Waals surface area contributed by atoms with Gasteiger partial charge in [0.2, 0.25) is 0 Å². The topological polar surface area (TPSA) is 72.4 Å². The monoisotopic (exact) mass is 363 g/mol. The Labute approximate surface area is 157 Å². The molecule has 0 atom stereocenters. The average molecular weight is 363 g/mol. The van der Waals surface area contributed by atoms with Gasteiger partial charge in [-0.15, -0.1) is 0 Å². The van der Waals surface area contributed by atoms with Crippen LogP contribution >= 0.6 is 0 Å². The number of methoxy groups -OCH3 is 1. The Morgan fingerprint density at radius 2 is 1.85 bits per heavy atom. The third-order valence-corrected chi connectivity index (χ3v) is 4.92. The Kier molecular flexibility index (Phi) is 4.64. The fourth-order valence-corrected chi connectivity index (χ4v) is 3.69. The van der Waals surface area contributed by atoms with Gasteiger partial charge in [0, 0.05) is 42.7 Å². The lowest BCUT2D eigenvalue weighted by Gasteiger charge is -2.10. The number of carbonyl (C=O) groups is 2. The summed E-state index contributed by atoms with van der Waals surface area (Å²) in [5, 5.41) is 6.87. The highest BCUT2D eigenvalue weighted by atomic mass is 16.5. The molecule has 0 saturated carbocycles. The molecule has 2 N–H and O–H groups in total. The molecule has 0 spiro atoms. The fourth-order valence-electron chi connectivity index (χ4n) is 3.69. The van der Waals surface area contributed by atoms with E-state index in [9.17, 15) is 9.59 Å². The molecule has 2 heterocycles. The zero-order valence-corrected chi connectivity index (χ0v) is 15.1. The maximum Gasteiger partial charge on any atom is 0.296 e. The molecule has 2 aromatic carbocycles. The van der Waals surface area contributed by atoms with E-state index in [0.717, 1.165) is 36.2 Å². The van der Waals surface area contributed by atoms with Gasteiger partial charge in [0.05, 0.1) is 18.4 Å². The highest BCUT2D eigenvalue weighted by molar-refractivity contribution is 6.48. The highest BCUT2D eigenvalue weighted by Gasteiger charge is 2.27. The minimum Gasteiger partial charge on any atom is -0.495 e. The van der Waals surface area contributed by atoms with Crippen molar-refractivity contribution in [2.24, 2.45) is 0 Å². The molecule has 1 aliphatic heterocycles. The number of anilines is 1. The molecule has 0 aliphatic carbocycles. The molecule has 3 aromatic rings. The number of rotatable bonds is 4. The summed E-state index contributed by atoms with van der Waals surface area (Å²) in [5.74, 6) is -0.660. The maximum atomic E-state index is 13.1. The van der Waals surface area contributed by atoms with Gasteiger partial charge in [0.1, 0.15) is 5.75 Å². The number of hydrogen-bond donors (Lipinski definition) is 2. The van der Waals surface area contributed by atoms with Crippen LogP contribution in [0, 0.1) is 0 Å². The molecule has 0 saturated heterocycles. The zero-order valence-electron chi connectivity index (χ0n) is 15.1. The zero-order chi connectivity index (χ0) is 18.8. The molecule has 1 amide bonds. The van der Waals surface area contributed by atoms with Crippen molar-refractivity contribution in [2.45, 2.75) is 13.0 Å². The lowest BCUT2D eigenvalue weighted by atomic mass is 10.0. The molecule has 0 radical (unpaired) electrons. The smallest absolute Gasteiger partial charge is 0.296 e. The average Bonchev–Trinajstić information content (AvgIpc) is 2.83. The predicted molar refractivity (Wildman–Crippen MR) is 104 cm³/mol.